The summed E-state index contributed by atoms with van der Waals surface area (Å²) in [5.41, 5.74) is 0. The van der Waals surface area contributed by atoms with E-state index >= 15 is 0 Å². The van der Waals surface area contributed by atoms with Crippen LogP contribution in [0.15, 0.2) is 0 Å². The molecule has 0 spiro atoms. The van der Waals surface area contributed by atoms with Gasteiger partial charge in [-0.15, -0.1) is 0 Å². The molecule has 0 aliphatic carbocycles. The van der Waals surface area contributed by atoms with E-state index in [-0.39, 0.29) is 6.42 Å². The molecule has 0 radical (unpaired) electrons. The van der Waals surface area contributed by atoms with Crippen molar-refractivity contribution >= 4 is 11.7 Å². The summed E-state index contributed by atoms with van der Waals surface area (Å²) >= 11 is 0. The second-order valence-corrected chi connectivity index (χ2v) is 3.00. The third-order valence-corrected chi connectivity index (χ3v) is 1.74. The zero-order valence-electron chi connectivity index (χ0n) is 8.49. The van der Waals surface area contributed by atoms with Gasteiger partial charge >= 0.3 is 0 Å². The third-order valence-electron chi connectivity index (χ3n) is 1.74. The van der Waals surface area contributed by atoms with Gasteiger partial charge in [0.25, 0.3) is 5.91 Å². The topological polar surface area (TPSA) is 86.6 Å². The minimum Gasteiger partial charge on any atom is -0.382 e. The highest BCUT2D eigenvalue weighted by molar-refractivity contribution is 5.91. The molecule has 0 unspecified atom stereocenters. The van der Waals surface area contributed by atoms with E-state index in [0.717, 1.165) is 0 Å². The fourth-order valence-corrected chi connectivity index (χ4v) is 0.993. The van der Waals surface area contributed by atoms with Crippen molar-refractivity contribution in [3.8, 4) is 0 Å². The van der Waals surface area contributed by atoms with Gasteiger partial charge in [-0.25, -0.2) is 0 Å². The molecule has 0 rings (SSSR count). The van der Waals surface area contributed by atoms with Gasteiger partial charge in [-0.1, -0.05) is 6.92 Å². The van der Waals surface area contributed by atoms with Crippen LogP contribution < -0.4 is 5.32 Å². The van der Waals surface area contributed by atoms with Crippen molar-refractivity contribution < 1.29 is 19.8 Å². The van der Waals surface area contributed by atoms with E-state index in [2.05, 4.69) is 5.32 Å². The van der Waals surface area contributed by atoms with Gasteiger partial charge in [0, 0.05) is 13.0 Å². The van der Waals surface area contributed by atoms with E-state index in [1.165, 1.54) is 0 Å². The third kappa shape index (κ3) is 3.85. The van der Waals surface area contributed by atoms with E-state index in [1.54, 1.807) is 13.8 Å². The maximum absolute atomic E-state index is 11.1. The zero-order chi connectivity index (χ0) is 11.1. The quantitative estimate of drug-likeness (QED) is 0.528. The van der Waals surface area contributed by atoms with Crippen LogP contribution in [0.1, 0.15) is 26.7 Å². The smallest absolute Gasteiger partial charge is 0.252 e. The first-order valence-corrected chi connectivity index (χ1v) is 4.71. The minimum atomic E-state index is -1.66. The average molecular weight is 203 g/mol. The van der Waals surface area contributed by atoms with Gasteiger partial charge in [0.1, 0.15) is 6.10 Å². The molecule has 5 nitrogen and oxygen atoms in total. The highest BCUT2D eigenvalue weighted by atomic mass is 16.3. The molecule has 5 heteroatoms. The fraction of sp³-hybridized carbons (Fsp3) is 0.778. The molecule has 0 bridgehead atoms. The molecule has 0 aliphatic heterocycles. The number of carbonyl (C=O) groups excluding carboxylic acids is 2. The predicted molar refractivity (Wildman–Crippen MR) is 50.6 cm³/mol. The number of rotatable bonds is 6. The first-order valence-electron chi connectivity index (χ1n) is 4.71. The summed E-state index contributed by atoms with van der Waals surface area (Å²) in [6.07, 6.45) is -2.52. The molecular weight excluding hydrogens is 186 g/mol. The largest absolute Gasteiger partial charge is 0.382 e. The molecule has 0 saturated heterocycles. The number of amides is 1. The monoisotopic (exact) mass is 203 g/mol. The van der Waals surface area contributed by atoms with Crippen LogP contribution in [0, 0.1) is 0 Å². The van der Waals surface area contributed by atoms with Crippen molar-refractivity contribution in [2.45, 2.75) is 38.9 Å². The number of Topliss-reactive ketones (excluding diaryl/α,β-unsaturated/α-hetero) is 1. The minimum absolute atomic E-state index is 0.164. The standard InChI is InChI=1S/C9H17NO4/c1-3-5-6(11)7(12)8(13)9(14)10-4-2/h7-8,12-13H,3-5H2,1-2H3,(H,10,14)/t7-,8+/m0/s1. The Morgan fingerprint density at radius 2 is 1.79 bits per heavy atom. The maximum Gasteiger partial charge on any atom is 0.252 e. The molecule has 0 aromatic heterocycles. The van der Waals surface area contributed by atoms with Gasteiger partial charge in [-0.3, -0.25) is 9.59 Å². The Hall–Kier alpha value is -0.940. The Labute approximate surface area is 83.1 Å². The SMILES string of the molecule is CCCC(=O)[C@H](O)[C@@H](O)C(=O)NCC. The van der Waals surface area contributed by atoms with Crippen LogP contribution in [0.25, 0.3) is 0 Å². The summed E-state index contributed by atoms with van der Waals surface area (Å²) in [4.78, 5) is 22.1. The summed E-state index contributed by atoms with van der Waals surface area (Å²) < 4.78 is 0. The predicted octanol–water partition coefficient (Wildman–Crippen LogP) is -0.787. The van der Waals surface area contributed by atoms with E-state index < -0.39 is 23.9 Å². The van der Waals surface area contributed by atoms with E-state index in [9.17, 15) is 19.8 Å². The van der Waals surface area contributed by atoms with E-state index in [0.29, 0.717) is 13.0 Å². The van der Waals surface area contributed by atoms with Crippen LogP contribution in [0.3, 0.4) is 0 Å². The number of aliphatic hydroxyl groups excluding tert-OH is 2. The molecule has 3 N–H and O–H groups in total. The highest BCUT2D eigenvalue weighted by Crippen LogP contribution is 2.01. The van der Waals surface area contributed by atoms with Crippen molar-refractivity contribution in [1.29, 1.82) is 0 Å². The van der Waals surface area contributed by atoms with Crippen LogP contribution >= 0.6 is 0 Å². The van der Waals surface area contributed by atoms with Gasteiger partial charge in [-0.05, 0) is 13.3 Å². The highest BCUT2D eigenvalue weighted by Gasteiger charge is 2.28. The van der Waals surface area contributed by atoms with Crippen molar-refractivity contribution in [3.63, 3.8) is 0 Å². The Bertz CT molecular complexity index is 183. The Kier molecular flexibility index (Phi) is 6.07. The summed E-state index contributed by atoms with van der Waals surface area (Å²) in [5, 5.41) is 20.8. The lowest BCUT2D eigenvalue weighted by molar-refractivity contribution is -0.144. The number of carbonyl (C=O) groups is 2. The lowest BCUT2D eigenvalue weighted by atomic mass is 10.1. The van der Waals surface area contributed by atoms with Gasteiger partial charge < -0.3 is 15.5 Å². The van der Waals surface area contributed by atoms with Gasteiger partial charge in [0.15, 0.2) is 11.9 Å². The lowest BCUT2D eigenvalue weighted by Gasteiger charge is -2.15. The lowest BCUT2D eigenvalue weighted by Crippen LogP contribution is -2.45. The molecule has 0 aromatic rings. The summed E-state index contributed by atoms with van der Waals surface area (Å²) in [6, 6.07) is 0. The van der Waals surface area contributed by atoms with Crippen LogP contribution in [-0.2, 0) is 9.59 Å². The fourth-order valence-electron chi connectivity index (χ4n) is 0.993. The Morgan fingerprint density at radius 3 is 2.21 bits per heavy atom. The van der Waals surface area contributed by atoms with E-state index in [4.69, 9.17) is 0 Å². The molecule has 0 fully saturated rings. The van der Waals surface area contributed by atoms with Crippen LogP contribution in [0.5, 0.6) is 0 Å². The molecule has 0 heterocycles. The molecule has 0 aliphatic rings. The van der Waals surface area contributed by atoms with Gasteiger partial charge in [-0.2, -0.15) is 0 Å². The van der Waals surface area contributed by atoms with Crippen LogP contribution in [0.4, 0.5) is 0 Å². The number of ketones is 1. The van der Waals surface area contributed by atoms with E-state index in [1.807, 2.05) is 0 Å². The Morgan fingerprint density at radius 1 is 1.21 bits per heavy atom. The van der Waals surface area contributed by atoms with Crippen LogP contribution in [0.2, 0.25) is 0 Å². The normalized spacial score (nSPS) is 14.6. The molecular formula is C9H17NO4. The van der Waals surface area contributed by atoms with Crippen molar-refractivity contribution in [3.05, 3.63) is 0 Å². The second kappa shape index (κ2) is 6.50. The van der Waals surface area contributed by atoms with Crippen molar-refractivity contribution in [1.82, 2.24) is 5.32 Å². The molecule has 0 saturated carbocycles. The number of nitrogens with one attached hydrogen (secondary N) is 1. The average Bonchev–Trinajstić information content (AvgIpc) is 2.16. The molecule has 82 valence electrons. The summed E-state index contributed by atoms with van der Waals surface area (Å²) in [7, 11) is 0. The first kappa shape index (κ1) is 13.1. The Balaban J connectivity index is 4.16. The van der Waals surface area contributed by atoms with Crippen molar-refractivity contribution in [2.24, 2.45) is 0 Å². The number of hydrogen-bond donors (Lipinski definition) is 3. The maximum atomic E-state index is 11.1. The number of aliphatic hydroxyl groups is 2. The van der Waals surface area contributed by atoms with Crippen molar-refractivity contribution in [2.75, 3.05) is 6.54 Å². The van der Waals surface area contributed by atoms with Gasteiger partial charge in [0.05, 0.1) is 0 Å². The molecule has 14 heavy (non-hydrogen) atoms. The molecule has 1 amide bonds. The summed E-state index contributed by atoms with van der Waals surface area (Å²) in [5.74, 6) is -1.23. The number of likely N-dealkylation sites (N-methyl/N-ethyl adjacent to an activating group) is 1. The number of hydrogen-bond acceptors (Lipinski definition) is 4. The van der Waals surface area contributed by atoms with Crippen LogP contribution in [-0.4, -0.2) is 40.7 Å². The summed E-state index contributed by atoms with van der Waals surface area (Å²) in [6.45, 7) is 3.82. The zero-order valence-corrected chi connectivity index (χ0v) is 8.49. The first-order chi connectivity index (χ1) is 6.54. The second-order valence-electron chi connectivity index (χ2n) is 3.00. The molecule has 2 atom stereocenters. The van der Waals surface area contributed by atoms with Gasteiger partial charge in [0.2, 0.25) is 0 Å². The molecule has 0 aromatic carbocycles.